The summed E-state index contributed by atoms with van der Waals surface area (Å²) in [4.78, 5) is 53.5. The molecule has 11 heteroatoms. The Kier molecular flexibility index (Phi) is 9.31. The van der Waals surface area contributed by atoms with Crippen LogP contribution in [0.4, 0.5) is 5.69 Å². The highest BCUT2D eigenvalue weighted by Crippen LogP contribution is 2.57. The average Bonchev–Trinajstić information content (AvgIpc) is 3.18. The molecule has 3 unspecified atom stereocenters. The summed E-state index contributed by atoms with van der Waals surface area (Å²) in [5, 5.41) is 15.8. The quantitative estimate of drug-likeness (QED) is 0.403. The molecule has 41 heavy (non-hydrogen) atoms. The van der Waals surface area contributed by atoms with Gasteiger partial charge in [-0.1, -0.05) is 62.2 Å². The van der Waals surface area contributed by atoms with Gasteiger partial charge < -0.3 is 25.4 Å². The van der Waals surface area contributed by atoms with Crippen LogP contribution in [0.3, 0.4) is 0 Å². The van der Waals surface area contributed by atoms with E-state index >= 15 is 0 Å². The first-order valence-corrected chi connectivity index (χ1v) is 14.4. The number of carbonyl (C=O) groups excluding carboxylic acids is 3. The molecular formula is C30H35Cl2N3O6. The number of hydrogen-bond donors (Lipinski definition) is 3. The van der Waals surface area contributed by atoms with Gasteiger partial charge in [-0.05, 0) is 48.1 Å². The summed E-state index contributed by atoms with van der Waals surface area (Å²) in [6.45, 7) is 7.79. The van der Waals surface area contributed by atoms with Gasteiger partial charge in [-0.3, -0.25) is 14.4 Å². The lowest BCUT2D eigenvalue weighted by molar-refractivity contribution is -0.153. The number of carboxylic acid groups (broad SMARTS) is 1. The van der Waals surface area contributed by atoms with Crippen molar-refractivity contribution in [1.29, 1.82) is 0 Å². The number of carbonyl (C=O) groups is 4. The van der Waals surface area contributed by atoms with E-state index in [0.29, 0.717) is 50.4 Å². The number of halogens is 2. The Bertz CT molecular complexity index is 1310. The molecule has 2 aromatic rings. The molecule has 1 aliphatic heterocycles. The number of nitrogens with one attached hydrogen (secondary N) is 2. The third-order valence-corrected chi connectivity index (χ3v) is 9.40. The highest BCUT2D eigenvalue weighted by atomic mass is 35.5. The van der Waals surface area contributed by atoms with Gasteiger partial charge in [0.25, 0.3) is 5.91 Å². The third-order valence-electron chi connectivity index (χ3n) is 8.77. The Hall–Kier alpha value is -3.14. The SMILES string of the molecule is CC1(C(=O)N2CCOCC2)CCC(C(=O)NC(Cc2ccc(NC(=O)c3c(Cl)cccc3Cl)cc2)C(=O)O)C1(C)C. The lowest BCUT2D eigenvalue weighted by Crippen LogP contribution is -2.54. The predicted octanol–water partition coefficient (Wildman–Crippen LogP) is 4.66. The molecule has 0 radical (unpaired) electrons. The molecule has 3 atom stereocenters. The lowest BCUT2D eigenvalue weighted by atomic mass is 9.64. The van der Waals surface area contributed by atoms with E-state index in [2.05, 4.69) is 10.6 Å². The van der Waals surface area contributed by atoms with E-state index in [1.807, 2.05) is 20.8 Å². The van der Waals surface area contributed by atoms with E-state index in [0.717, 1.165) is 0 Å². The maximum absolute atomic E-state index is 13.5. The number of rotatable bonds is 8. The summed E-state index contributed by atoms with van der Waals surface area (Å²) in [7, 11) is 0. The van der Waals surface area contributed by atoms with E-state index in [-0.39, 0.29) is 33.8 Å². The molecule has 1 saturated carbocycles. The van der Waals surface area contributed by atoms with Crippen molar-refractivity contribution in [3.05, 3.63) is 63.6 Å². The number of carboxylic acids is 1. The molecular weight excluding hydrogens is 569 g/mol. The molecule has 0 aromatic heterocycles. The Morgan fingerprint density at radius 1 is 1.02 bits per heavy atom. The molecule has 220 valence electrons. The smallest absolute Gasteiger partial charge is 0.326 e. The average molecular weight is 605 g/mol. The third kappa shape index (κ3) is 6.37. The van der Waals surface area contributed by atoms with E-state index in [1.54, 1.807) is 47.4 Å². The van der Waals surface area contributed by atoms with E-state index < -0.39 is 34.7 Å². The molecule has 2 fully saturated rings. The molecule has 2 aliphatic rings. The minimum Gasteiger partial charge on any atom is -0.480 e. The van der Waals surface area contributed by atoms with Gasteiger partial charge in [0.15, 0.2) is 0 Å². The topological polar surface area (TPSA) is 125 Å². The second-order valence-corrected chi connectivity index (χ2v) is 12.2. The van der Waals surface area contributed by atoms with Gasteiger partial charge in [0.2, 0.25) is 11.8 Å². The fraction of sp³-hybridized carbons (Fsp3) is 0.467. The molecule has 9 nitrogen and oxygen atoms in total. The van der Waals surface area contributed by atoms with Crippen LogP contribution < -0.4 is 10.6 Å². The van der Waals surface area contributed by atoms with Crippen molar-refractivity contribution in [3.63, 3.8) is 0 Å². The summed E-state index contributed by atoms with van der Waals surface area (Å²) in [6.07, 6.45) is 1.07. The van der Waals surface area contributed by atoms with Crippen LogP contribution in [0.1, 0.15) is 49.5 Å². The maximum Gasteiger partial charge on any atom is 0.326 e. The number of amides is 3. The van der Waals surface area contributed by atoms with Crippen molar-refractivity contribution >= 4 is 52.6 Å². The molecule has 0 spiro atoms. The van der Waals surface area contributed by atoms with E-state index in [9.17, 15) is 24.3 Å². The van der Waals surface area contributed by atoms with Gasteiger partial charge in [0.05, 0.1) is 34.2 Å². The van der Waals surface area contributed by atoms with E-state index in [4.69, 9.17) is 27.9 Å². The Balaban J connectivity index is 1.40. The fourth-order valence-corrected chi connectivity index (χ4v) is 6.37. The van der Waals surface area contributed by atoms with Crippen molar-refractivity contribution < 1.29 is 29.0 Å². The second-order valence-electron chi connectivity index (χ2n) is 11.4. The number of benzene rings is 2. The number of nitrogens with zero attached hydrogens (tertiary/aromatic N) is 1. The van der Waals surface area contributed by atoms with Crippen LogP contribution in [-0.4, -0.2) is 66.0 Å². The Morgan fingerprint density at radius 2 is 1.63 bits per heavy atom. The van der Waals surface area contributed by atoms with Crippen LogP contribution in [0, 0.1) is 16.7 Å². The zero-order valence-electron chi connectivity index (χ0n) is 23.3. The summed E-state index contributed by atoms with van der Waals surface area (Å²) in [5.41, 5.74) is -0.141. The monoisotopic (exact) mass is 603 g/mol. The Labute approximate surface area is 249 Å². The number of hydrogen-bond acceptors (Lipinski definition) is 5. The minimum atomic E-state index is -1.16. The molecule has 4 rings (SSSR count). The first kappa shape index (κ1) is 30.8. The van der Waals surface area contributed by atoms with Crippen molar-refractivity contribution in [1.82, 2.24) is 10.2 Å². The summed E-state index contributed by atoms with van der Waals surface area (Å²) in [6, 6.07) is 10.3. The van der Waals surface area contributed by atoms with Crippen molar-refractivity contribution in [2.75, 3.05) is 31.6 Å². The predicted molar refractivity (Wildman–Crippen MR) is 156 cm³/mol. The largest absolute Gasteiger partial charge is 0.480 e. The van der Waals surface area contributed by atoms with Gasteiger partial charge in [-0.2, -0.15) is 0 Å². The number of anilines is 1. The van der Waals surface area contributed by atoms with Crippen LogP contribution >= 0.6 is 23.2 Å². The van der Waals surface area contributed by atoms with Crippen LogP contribution in [0.5, 0.6) is 0 Å². The zero-order chi connectivity index (χ0) is 29.9. The van der Waals surface area contributed by atoms with Gasteiger partial charge in [0.1, 0.15) is 6.04 Å². The van der Waals surface area contributed by atoms with Crippen LogP contribution in [0.15, 0.2) is 42.5 Å². The van der Waals surface area contributed by atoms with Gasteiger partial charge in [0, 0.05) is 31.1 Å². The molecule has 1 heterocycles. The molecule has 1 aliphatic carbocycles. The number of morpholine rings is 1. The summed E-state index contributed by atoms with van der Waals surface area (Å²) < 4.78 is 5.38. The van der Waals surface area contributed by atoms with Crippen LogP contribution in [0.2, 0.25) is 10.0 Å². The second kappa shape index (κ2) is 12.4. The normalized spacial score (nSPS) is 22.6. The van der Waals surface area contributed by atoms with Crippen LogP contribution in [0.25, 0.3) is 0 Å². The fourth-order valence-electron chi connectivity index (χ4n) is 5.80. The Morgan fingerprint density at radius 3 is 2.22 bits per heavy atom. The summed E-state index contributed by atoms with van der Waals surface area (Å²) >= 11 is 12.2. The first-order valence-electron chi connectivity index (χ1n) is 13.6. The van der Waals surface area contributed by atoms with Gasteiger partial charge >= 0.3 is 5.97 Å². The van der Waals surface area contributed by atoms with Crippen molar-refractivity contribution in [2.45, 2.75) is 46.1 Å². The van der Waals surface area contributed by atoms with E-state index in [1.165, 1.54) is 0 Å². The molecule has 2 aromatic carbocycles. The maximum atomic E-state index is 13.5. The first-order chi connectivity index (χ1) is 19.3. The molecule has 3 N–H and O–H groups in total. The molecule has 3 amide bonds. The van der Waals surface area contributed by atoms with Crippen LogP contribution in [-0.2, 0) is 25.5 Å². The van der Waals surface area contributed by atoms with Crippen molar-refractivity contribution in [3.8, 4) is 0 Å². The standard InChI is InChI=1S/C30H35Cl2N3O6/c1-29(2)20(11-12-30(29,3)28(40)35-13-15-41-16-14-35)25(36)34-23(27(38)39)17-18-7-9-19(10-8-18)33-26(37)24-21(31)5-4-6-22(24)32/h4-10,20,23H,11-17H2,1-3H3,(H,33,37)(H,34,36)(H,38,39). The van der Waals surface area contributed by atoms with Crippen molar-refractivity contribution in [2.24, 2.45) is 16.7 Å². The highest BCUT2D eigenvalue weighted by molar-refractivity contribution is 6.40. The minimum absolute atomic E-state index is 0.0138. The number of aliphatic carboxylic acids is 1. The van der Waals surface area contributed by atoms with Gasteiger partial charge in [-0.15, -0.1) is 0 Å². The van der Waals surface area contributed by atoms with Gasteiger partial charge in [-0.25, -0.2) is 4.79 Å². The zero-order valence-corrected chi connectivity index (χ0v) is 24.8. The molecule has 0 bridgehead atoms. The molecule has 1 saturated heterocycles. The lowest BCUT2D eigenvalue weighted by Gasteiger charge is -2.43. The highest BCUT2D eigenvalue weighted by Gasteiger charge is 2.59. The summed E-state index contributed by atoms with van der Waals surface area (Å²) in [5.74, 6) is -2.51. The number of ether oxygens (including phenoxy) is 1.